The monoisotopic (exact) mass is 389 g/mol. The van der Waals surface area contributed by atoms with Crippen molar-refractivity contribution in [3.8, 4) is 0 Å². The van der Waals surface area contributed by atoms with Gasteiger partial charge in [-0.05, 0) is 42.5 Å². The van der Waals surface area contributed by atoms with E-state index in [0.29, 0.717) is 5.56 Å². The smallest absolute Gasteiger partial charge is 0.335 e. The molecule has 1 aromatic rings. The van der Waals surface area contributed by atoms with Crippen LogP contribution in [0.4, 0.5) is 0 Å². The average molecular weight is 389 g/mol. The van der Waals surface area contributed by atoms with Crippen LogP contribution in [0.3, 0.4) is 0 Å². The molecule has 1 N–H and O–H groups in total. The molecule has 0 saturated heterocycles. The zero-order chi connectivity index (χ0) is 20.8. The molecule has 154 valence electrons. The fourth-order valence-electron chi connectivity index (χ4n) is 3.11. The fraction of sp³-hybridized carbons (Fsp3) is 0.591. The minimum Gasteiger partial charge on any atom is -0.478 e. The van der Waals surface area contributed by atoms with Gasteiger partial charge in [0.05, 0.1) is 17.4 Å². The van der Waals surface area contributed by atoms with Crippen molar-refractivity contribution in [2.45, 2.75) is 66.0 Å². The van der Waals surface area contributed by atoms with Gasteiger partial charge in [0.2, 0.25) is 0 Å². The van der Waals surface area contributed by atoms with E-state index in [1.165, 1.54) is 30.4 Å². The number of nitrogens with zero attached hydrogens (tertiary/aromatic N) is 1. The largest absolute Gasteiger partial charge is 0.478 e. The number of benzene rings is 1. The van der Waals surface area contributed by atoms with Crippen molar-refractivity contribution in [2.75, 3.05) is 6.54 Å². The molecule has 0 amide bonds. The molecule has 1 aliphatic carbocycles. The number of hydrogen-bond acceptors (Lipinski definition) is 5. The molecule has 1 aliphatic heterocycles. The molecule has 3 rings (SSSR count). The predicted octanol–water partition coefficient (Wildman–Crippen LogP) is 3.66. The van der Waals surface area contributed by atoms with E-state index in [0.717, 1.165) is 25.6 Å². The standard InChI is InChI=1S/C14H17NO2.C8H14O3/c16-14(17)11-4-5-12-9-15(13-2-1-3-13)7-6-10(12)8-11;1-5(2)7(9)11-8(10)6(3)4/h4-5,8,13H,1-3,6-7,9H2,(H,16,17);5-6H,1-4H3. The number of carboxylic acids is 1. The Hall–Kier alpha value is -2.21. The molecule has 0 unspecified atom stereocenters. The van der Waals surface area contributed by atoms with Crippen molar-refractivity contribution in [3.05, 3.63) is 34.9 Å². The summed E-state index contributed by atoms with van der Waals surface area (Å²) in [6.07, 6.45) is 5.03. The SMILES string of the molecule is CC(C)C(=O)OC(=O)C(C)C.O=C(O)c1ccc2c(c1)CCN(C1CCC1)C2. The van der Waals surface area contributed by atoms with E-state index < -0.39 is 17.9 Å². The summed E-state index contributed by atoms with van der Waals surface area (Å²) in [7, 11) is 0. The lowest BCUT2D eigenvalue weighted by molar-refractivity contribution is -0.164. The van der Waals surface area contributed by atoms with Gasteiger partial charge in [0.25, 0.3) is 0 Å². The molecular weight excluding hydrogens is 358 g/mol. The van der Waals surface area contributed by atoms with Crippen LogP contribution in [0.25, 0.3) is 0 Å². The van der Waals surface area contributed by atoms with Crippen LogP contribution in [0.5, 0.6) is 0 Å². The maximum atomic E-state index is 10.9. The molecule has 1 heterocycles. The Balaban J connectivity index is 0.000000224. The minimum absolute atomic E-state index is 0.238. The Kier molecular flexibility index (Phi) is 7.75. The van der Waals surface area contributed by atoms with E-state index in [9.17, 15) is 14.4 Å². The summed E-state index contributed by atoms with van der Waals surface area (Å²) in [5, 5.41) is 8.96. The lowest BCUT2D eigenvalue weighted by Crippen LogP contribution is -2.43. The number of aromatic carboxylic acids is 1. The van der Waals surface area contributed by atoms with Gasteiger partial charge in [-0.1, -0.05) is 40.2 Å². The molecule has 6 heteroatoms. The minimum atomic E-state index is -0.825. The van der Waals surface area contributed by atoms with E-state index in [4.69, 9.17) is 5.11 Å². The van der Waals surface area contributed by atoms with Crippen LogP contribution >= 0.6 is 0 Å². The van der Waals surface area contributed by atoms with Gasteiger partial charge in [-0.25, -0.2) is 4.79 Å². The van der Waals surface area contributed by atoms with Crippen molar-refractivity contribution in [2.24, 2.45) is 11.8 Å². The molecule has 1 saturated carbocycles. The Bertz CT molecular complexity index is 704. The van der Waals surface area contributed by atoms with E-state index in [-0.39, 0.29) is 11.8 Å². The van der Waals surface area contributed by atoms with Crippen LogP contribution < -0.4 is 0 Å². The highest BCUT2D eigenvalue weighted by Gasteiger charge is 2.27. The zero-order valence-electron chi connectivity index (χ0n) is 17.2. The Morgan fingerprint density at radius 3 is 2.11 bits per heavy atom. The summed E-state index contributed by atoms with van der Waals surface area (Å²) < 4.78 is 4.50. The molecule has 6 nitrogen and oxygen atoms in total. The maximum Gasteiger partial charge on any atom is 0.335 e. The third-order valence-electron chi connectivity index (χ3n) is 5.23. The molecule has 1 fully saturated rings. The van der Waals surface area contributed by atoms with E-state index in [1.807, 2.05) is 12.1 Å². The van der Waals surface area contributed by atoms with E-state index >= 15 is 0 Å². The van der Waals surface area contributed by atoms with Crippen molar-refractivity contribution >= 4 is 17.9 Å². The van der Waals surface area contributed by atoms with Crippen molar-refractivity contribution in [1.82, 2.24) is 4.90 Å². The number of ether oxygens (including phenoxy) is 1. The number of carbonyl (C=O) groups excluding carboxylic acids is 2. The molecule has 1 aromatic carbocycles. The predicted molar refractivity (Wildman–Crippen MR) is 106 cm³/mol. The highest BCUT2D eigenvalue weighted by Crippen LogP contribution is 2.30. The molecule has 0 aromatic heterocycles. The summed E-state index contributed by atoms with van der Waals surface area (Å²) in [6.45, 7) is 8.85. The Labute approximate surface area is 166 Å². The molecule has 0 bridgehead atoms. The number of rotatable bonds is 4. The third-order valence-corrected chi connectivity index (χ3v) is 5.23. The van der Waals surface area contributed by atoms with Gasteiger partial charge < -0.3 is 9.84 Å². The second-order valence-electron chi connectivity index (χ2n) is 8.14. The van der Waals surface area contributed by atoms with Gasteiger partial charge in [0, 0.05) is 19.1 Å². The first-order chi connectivity index (χ1) is 13.2. The van der Waals surface area contributed by atoms with Crippen LogP contribution in [-0.4, -0.2) is 40.5 Å². The third kappa shape index (κ3) is 5.89. The first kappa shape index (κ1) is 22.1. The van der Waals surface area contributed by atoms with Gasteiger partial charge in [-0.3, -0.25) is 14.5 Å². The van der Waals surface area contributed by atoms with Crippen LogP contribution in [0.15, 0.2) is 18.2 Å². The highest BCUT2D eigenvalue weighted by atomic mass is 16.6. The molecule has 2 aliphatic rings. The summed E-state index contributed by atoms with van der Waals surface area (Å²) in [5.41, 5.74) is 2.95. The first-order valence-electron chi connectivity index (χ1n) is 10.0. The molecular formula is C22H31NO5. The van der Waals surface area contributed by atoms with Crippen molar-refractivity contribution < 1.29 is 24.2 Å². The van der Waals surface area contributed by atoms with Crippen molar-refractivity contribution in [3.63, 3.8) is 0 Å². The Morgan fingerprint density at radius 2 is 1.64 bits per heavy atom. The Morgan fingerprint density at radius 1 is 1.04 bits per heavy atom. The fourth-order valence-corrected chi connectivity index (χ4v) is 3.11. The average Bonchev–Trinajstić information content (AvgIpc) is 2.60. The lowest BCUT2D eigenvalue weighted by Gasteiger charge is -2.40. The molecule has 0 spiro atoms. The highest BCUT2D eigenvalue weighted by molar-refractivity contribution is 5.88. The zero-order valence-corrected chi connectivity index (χ0v) is 17.2. The summed E-state index contributed by atoms with van der Waals surface area (Å²) in [6, 6.07) is 6.34. The quantitative estimate of drug-likeness (QED) is 0.625. The molecule has 0 radical (unpaired) electrons. The van der Waals surface area contributed by atoms with Gasteiger partial charge in [0.1, 0.15) is 0 Å². The number of carboxylic acid groups (broad SMARTS) is 1. The van der Waals surface area contributed by atoms with E-state index in [1.54, 1.807) is 33.8 Å². The van der Waals surface area contributed by atoms with Crippen molar-refractivity contribution in [1.29, 1.82) is 0 Å². The second kappa shape index (κ2) is 9.82. The number of hydrogen-bond donors (Lipinski definition) is 1. The van der Waals surface area contributed by atoms with Crippen LogP contribution in [0.1, 0.15) is 68.4 Å². The number of carbonyl (C=O) groups is 3. The number of fused-ring (bicyclic) bond motifs is 1. The molecule has 0 atom stereocenters. The summed E-state index contributed by atoms with van der Waals surface area (Å²) in [4.78, 5) is 35.1. The van der Waals surface area contributed by atoms with Gasteiger partial charge >= 0.3 is 17.9 Å². The molecule has 28 heavy (non-hydrogen) atoms. The number of esters is 2. The van der Waals surface area contributed by atoms with Gasteiger partial charge in [-0.2, -0.15) is 0 Å². The first-order valence-corrected chi connectivity index (χ1v) is 10.0. The van der Waals surface area contributed by atoms with Crippen LogP contribution in [-0.2, 0) is 27.3 Å². The van der Waals surface area contributed by atoms with Crippen LogP contribution in [0.2, 0.25) is 0 Å². The van der Waals surface area contributed by atoms with Crippen LogP contribution in [0, 0.1) is 11.8 Å². The summed E-state index contributed by atoms with van der Waals surface area (Å²) in [5.74, 6) is -2.21. The van der Waals surface area contributed by atoms with Gasteiger partial charge in [-0.15, -0.1) is 0 Å². The van der Waals surface area contributed by atoms with E-state index in [2.05, 4.69) is 9.64 Å². The lowest BCUT2D eigenvalue weighted by atomic mass is 9.88. The normalized spacial score (nSPS) is 16.6. The second-order valence-corrected chi connectivity index (χ2v) is 8.14. The summed E-state index contributed by atoms with van der Waals surface area (Å²) >= 11 is 0. The van der Waals surface area contributed by atoms with Gasteiger partial charge in [0.15, 0.2) is 0 Å². The maximum absolute atomic E-state index is 10.9. The topological polar surface area (TPSA) is 83.9 Å².